The van der Waals surface area contributed by atoms with Crippen LogP contribution in [-0.4, -0.2) is 0 Å². The molecule has 0 nitrogen and oxygen atoms in total. The molecule has 0 radical (unpaired) electrons. The Labute approximate surface area is 142 Å². The Morgan fingerprint density at radius 1 is 0.591 bits per heavy atom. The Balaban J connectivity index is 3.72. The van der Waals surface area contributed by atoms with Gasteiger partial charge in [0.15, 0.2) is 0 Å². The van der Waals surface area contributed by atoms with Gasteiger partial charge >= 0.3 is 0 Å². The molecule has 0 aliphatic carbocycles. The Morgan fingerprint density at radius 2 is 1.05 bits per heavy atom. The molecule has 0 aliphatic heterocycles. The van der Waals surface area contributed by atoms with Crippen LogP contribution in [0.5, 0.6) is 0 Å². The van der Waals surface area contributed by atoms with Crippen LogP contribution in [0.3, 0.4) is 0 Å². The van der Waals surface area contributed by atoms with Crippen molar-refractivity contribution in [2.24, 2.45) is 5.92 Å². The van der Waals surface area contributed by atoms with Gasteiger partial charge in [0.1, 0.15) is 0 Å². The van der Waals surface area contributed by atoms with Crippen LogP contribution in [0.25, 0.3) is 0 Å². The minimum absolute atomic E-state index is 0.816. The molecule has 0 heteroatoms. The van der Waals surface area contributed by atoms with E-state index >= 15 is 0 Å². The maximum atomic E-state index is 4.44. The lowest BCUT2D eigenvalue weighted by molar-refractivity contribution is 0.452. The lowest BCUT2D eigenvalue weighted by Crippen LogP contribution is -2.04. The van der Waals surface area contributed by atoms with E-state index in [9.17, 15) is 0 Å². The highest BCUT2D eigenvalue weighted by atomic mass is 14.2. The fourth-order valence-electron chi connectivity index (χ4n) is 3.33. The molecule has 1 atom stereocenters. The maximum absolute atomic E-state index is 4.44. The molecule has 1 unspecified atom stereocenters. The van der Waals surface area contributed by atoms with Gasteiger partial charge in [-0.3, -0.25) is 0 Å². The van der Waals surface area contributed by atoms with E-state index in [-0.39, 0.29) is 0 Å². The molecular weight excluding hydrogens is 264 g/mol. The smallest absolute Gasteiger partial charge is 0.0206 e. The van der Waals surface area contributed by atoms with Crippen LogP contribution in [0.4, 0.5) is 0 Å². The number of unbranched alkanes of at least 4 members (excludes halogenated alkanes) is 10. The van der Waals surface area contributed by atoms with Gasteiger partial charge in [-0.2, -0.15) is 0 Å². The first kappa shape index (κ1) is 21.7. The summed E-state index contributed by atoms with van der Waals surface area (Å²) in [5.74, 6) is 0.816. The van der Waals surface area contributed by atoms with Gasteiger partial charge < -0.3 is 0 Å². The summed E-state index contributed by atoms with van der Waals surface area (Å²) < 4.78 is 0. The summed E-state index contributed by atoms with van der Waals surface area (Å²) in [6, 6.07) is 0. The van der Waals surface area contributed by atoms with Crippen LogP contribution in [0.15, 0.2) is 12.2 Å². The molecule has 0 N–H and O–H groups in total. The molecule has 132 valence electrons. The Morgan fingerprint density at radius 3 is 1.64 bits per heavy atom. The summed E-state index contributed by atoms with van der Waals surface area (Å²) >= 11 is 0. The van der Waals surface area contributed by atoms with Crippen molar-refractivity contribution in [1.82, 2.24) is 0 Å². The van der Waals surface area contributed by atoms with E-state index in [0.717, 1.165) is 5.92 Å². The van der Waals surface area contributed by atoms with Crippen molar-refractivity contribution in [1.29, 1.82) is 0 Å². The quantitative estimate of drug-likeness (QED) is 0.187. The van der Waals surface area contributed by atoms with Crippen molar-refractivity contribution in [3.63, 3.8) is 0 Å². The molecule has 0 rings (SSSR count). The second-order valence-electron chi connectivity index (χ2n) is 7.22. The molecule has 22 heavy (non-hydrogen) atoms. The lowest BCUT2D eigenvalue weighted by atomic mass is 9.86. The number of rotatable bonds is 17. The maximum Gasteiger partial charge on any atom is -0.0206 e. The van der Waals surface area contributed by atoms with E-state index in [1.54, 1.807) is 5.57 Å². The van der Waals surface area contributed by atoms with E-state index in [4.69, 9.17) is 0 Å². The highest BCUT2D eigenvalue weighted by Gasteiger charge is 2.11. The van der Waals surface area contributed by atoms with Crippen molar-refractivity contribution in [3.05, 3.63) is 12.2 Å². The Hall–Kier alpha value is -0.260. The fourth-order valence-corrected chi connectivity index (χ4v) is 3.33. The first-order chi connectivity index (χ1) is 10.8. The molecule has 0 aromatic heterocycles. The summed E-state index contributed by atoms with van der Waals surface area (Å²) in [4.78, 5) is 0. The average molecular weight is 309 g/mol. The standard InChI is InChI=1S/C22H44/c1-5-8-11-12-13-14-15-17-18-21(4)22(19-10-7-3)20-16-9-6-2/h22H,4-20H2,1-3H3. The molecular formula is C22H44. The van der Waals surface area contributed by atoms with E-state index in [1.807, 2.05) is 0 Å². The van der Waals surface area contributed by atoms with Crippen LogP contribution in [0, 0.1) is 5.92 Å². The molecule has 0 amide bonds. The molecule has 0 aromatic rings. The summed E-state index contributed by atoms with van der Waals surface area (Å²) in [6.45, 7) is 11.3. The Bertz CT molecular complexity index is 228. The Kier molecular flexibility index (Phi) is 16.9. The van der Waals surface area contributed by atoms with E-state index in [0.29, 0.717) is 0 Å². The van der Waals surface area contributed by atoms with Gasteiger partial charge in [-0.05, 0) is 31.6 Å². The first-order valence-electron chi connectivity index (χ1n) is 10.4. The van der Waals surface area contributed by atoms with Gasteiger partial charge in [-0.1, -0.05) is 110 Å². The minimum Gasteiger partial charge on any atom is -0.0996 e. The predicted molar refractivity (Wildman–Crippen MR) is 104 cm³/mol. The molecule has 0 aliphatic rings. The summed E-state index contributed by atoms with van der Waals surface area (Å²) in [5, 5.41) is 0. The van der Waals surface area contributed by atoms with Gasteiger partial charge in [0, 0.05) is 0 Å². The number of allylic oxidation sites excluding steroid dienone is 1. The third kappa shape index (κ3) is 13.4. The second kappa shape index (κ2) is 17.1. The number of hydrogen-bond acceptors (Lipinski definition) is 0. The summed E-state index contributed by atoms with van der Waals surface area (Å²) in [5.41, 5.74) is 1.57. The fraction of sp³-hybridized carbons (Fsp3) is 0.909. The zero-order valence-corrected chi connectivity index (χ0v) is 16.1. The van der Waals surface area contributed by atoms with Crippen LogP contribution < -0.4 is 0 Å². The molecule has 0 spiro atoms. The zero-order valence-electron chi connectivity index (χ0n) is 16.1. The third-order valence-electron chi connectivity index (χ3n) is 4.99. The van der Waals surface area contributed by atoms with Gasteiger partial charge in [0.2, 0.25) is 0 Å². The zero-order chi connectivity index (χ0) is 16.5. The van der Waals surface area contributed by atoms with Crippen LogP contribution >= 0.6 is 0 Å². The minimum atomic E-state index is 0.816. The largest absolute Gasteiger partial charge is 0.0996 e. The van der Waals surface area contributed by atoms with E-state index in [2.05, 4.69) is 27.4 Å². The van der Waals surface area contributed by atoms with Crippen molar-refractivity contribution in [2.75, 3.05) is 0 Å². The van der Waals surface area contributed by atoms with E-state index < -0.39 is 0 Å². The van der Waals surface area contributed by atoms with Crippen molar-refractivity contribution in [2.45, 2.75) is 124 Å². The molecule has 0 fully saturated rings. The topological polar surface area (TPSA) is 0 Å². The second-order valence-corrected chi connectivity index (χ2v) is 7.22. The van der Waals surface area contributed by atoms with Crippen molar-refractivity contribution >= 4 is 0 Å². The van der Waals surface area contributed by atoms with Gasteiger partial charge in [0.25, 0.3) is 0 Å². The summed E-state index contributed by atoms with van der Waals surface area (Å²) in [7, 11) is 0. The molecule has 0 saturated heterocycles. The highest BCUT2D eigenvalue weighted by molar-refractivity contribution is 5.00. The molecule has 0 bridgehead atoms. The third-order valence-corrected chi connectivity index (χ3v) is 4.99. The predicted octanol–water partition coefficient (Wildman–Crippen LogP) is 8.46. The van der Waals surface area contributed by atoms with Crippen LogP contribution in [-0.2, 0) is 0 Å². The summed E-state index contributed by atoms with van der Waals surface area (Å²) in [6.07, 6.45) is 22.3. The molecule has 0 heterocycles. The average Bonchev–Trinajstić information content (AvgIpc) is 2.53. The van der Waals surface area contributed by atoms with Crippen LogP contribution in [0.1, 0.15) is 124 Å². The monoisotopic (exact) mass is 308 g/mol. The molecule has 0 saturated carbocycles. The van der Waals surface area contributed by atoms with Gasteiger partial charge in [0.05, 0.1) is 0 Å². The van der Waals surface area contributed by atoms with Gasteiger partial charge in [-0.15, -0.1) is 0 Å². The lowest BCUT2D eigenvalue weighted by Gasteiger charge is -2.19. The van der Waals surface area contributed by atoms with Gasteiger partial charge in [-0.25, -0.2) is 0 Å². The normalized spacial score (nSPS) is 12.5. The highest BCUT2D eigenvalue weighted by Crippen LogP contribution is 2.27. The SMILES string of the molecule is C=C(CCCCCCCCCC)C(CCCC)CCCCC. The van der Waals surface area contributed by atoms with Crippen molar-refractivity contribution < 1.29 is 0 Å². The van der Waals surface area contributed by atoms with Crippen LogP contribution in [0.2, 0.25) is 0 Å². The number of hydrogen-bond donors (Lipinski definition) is 0. The molecule has 0 aromatic carbocycles. The first-order valence-corrected chi connectivity index (χ1v) is 10.4. The van der Waals surface area contributed by atoms with Crippen molar-refractivity contribution in [3.8, 4) is 0 Å². The van der Waals surface area contributed by atoms with E-state index in [1.165, 1.54) is 103 Å².